The van der Waals surface area contributed by atoms with Gasteiger partial charge < -0.3 is 5.32 Å². The zero-order valence-electron chi connectivity index (χ0n) is 16.0. The Balaban J connectivity index is 1.50. The zero-order valence-corrected chi connectivity index (χ0v) is 16.0. The van der Waals surface area contributed by atoms with E-state index in [9.17, 15) is 13.6 Å². The molecule has 0 aliphatic heterocycles. The molecule has 1 N–H and O–H groups in total. The van der Waals surface area contributed by atoms with Gasteiger partial charge in [-0.3, -0.25) is 4.79 Å². The summed E-state index contributed by atoms with van der Waals surface area (Å²) in [7, 11) is 0. The molecule has 0 spiro atoms. The largest absolute Gasteiger partial charge is 0.323 e. The Bertz CT molecular complexity index is 777. The van der Waals surface area contributed by atoms with Gasteiger partial charge in [0.25, 0.3) is 0 Å². The molecular formula is C23H27F2NO. The van der Waals surface area contributed by atoms with E-state index in [2.05, 4.69) is 43.4 Å². The SMILES string of the molecule is CC(C)c1ccc(C2CCC(CC(=O)Nc3cccc(F)c3F)CC2)cc1. The summed E-state index contributed by atoms with van der Waals surface area (Å²) in [5.41, 5.74) is 2.65. The number of rotatable bonds is 5. The van der Waals surface area contributed by atoms with Crippen LogP contribution in [0.4, 0.5) is 14.5 Å². The van der Waals surface area contributed by atoms with Crippen LogP contribution in [0.3, 0.4) is 0 Å². The van der Waals surface area contributed by atoms with Crippen molar-refractivity contribution >= 4 is 11.6 Å². The molecule has 2 nitrogen and oxygen atoms in total. The first kappa shape index (κ1) is 19.5. The van der Waals surface area contributed by atoms with Gasteiger partial charge in [0.05, 0.1) is 5.69 Å². The van der Waals surface area contributed by atoms with Gasteiger partial charge >= 0.3 is 0 Å². The maximum atomic E-state index is 13.7. The lowest BCUT2D eigenvalue weighted by atomic mass is 9.77. The Morgan fingerprint density at radius 1 is 1.04 bits per heavy atom. The molecule has 0 heterocycles. The minimum atomic E-state index is -1.00. The van der Waals surface area contributed by atoms with Gasteiger partial charge in [-0.15, -0.1) is 0 Å². The van der Waals surface area contributed by atoms with Crippen LogP contribution >= 0.6 is 0 Å². The van der Waals surface area contributed by atoms with Crippen molar-refractivity contribution in [3.63, 3.8) is 0 Å². The van der Waals surface area contributed by atoms with Gasteiger partial charge in [0.15, 0.2) is 11.6 Å². The third kappa shape index (κ3) is 4.94. The van der Waals surface area contributed by atoms with Crippen LogP contribution in [-0.4, -0.2) is 5.91 Å². The molecule has 0 bridgehead atoms. The molecule has 0 aromatic heterocycles. The van der Waals surface area contributed by atoms with Crippen molar-refractivity contribution in [2.75, 3.05) is 5.32 Å². The molecule has 0 atom stereocenters. The fourth-order valence-corrected chi connectivity index (χ4v) is 3.92. The van der Waals surface area contributed by atoms with Crippen molar-refractivity contribution in [3.8, 4) is 0 Å². The molecule has 0 radical (unpaired) electrons. The molecule has 1 amide bonds. The fourth-order valence-electron chi connectivity index (χ4n) is 3.92. The predicted octanol–water partition coefficient (Wildman–Crippen LogP) is 6.39. The second-order valence-corrected chi connectivity index (χ2v) is 7.89. The number of amides is 1. The first-order valence-electron chi connectivity index (χ1n) is 9.77. The number of hydrogen-bond acceptors (Lipinski definition) is 1. The number of carbonyl (C=O) groups excluding carboxylic acids is 1. The lowest BCUT2D eigenvalue weighted by Crippen LogP contribution is -2.21. The molecule has 0 unspecified atom stereocenters. The van der Waals surface area contributed by atoms with Crippen LogP contribution < -0.4 is 5.32 Å². The van der Waals surface area contributed by atoms with Gasteiger partial charge in [-0.2, -0.15) is 0 Å². The summed E-state index contributed by atoms with van der Waals surface area (Å²) in [4.78, 5) is 12.2. The fraction of sp³-hybridized carbons (Fsp3) is 0.435. The van der Waals surface area contributed by atoms with Crippen LogP contribution in [0.2, 0.25) is 0 Å². The lowest BCUT2D eigenvalue weighted by molar-refractivity contribution is -0.117. The van der Waals surface area contributed by atoms with Crippen LogP contribution in [-0.2, 0) is 4.79 Å². The third-order valence-corrected chi connectivity index (χ3v) is 5.62. The van der Waals surface area contributed by atoms with Crippen LogP contribution in [0, 0.1) is 17.6 Å². The van der Waals surface area contributed by atoms with E-state index in [0.29, 0.717) is 24.2 Å². The third-order valence-electron chi connectivity index (χ3n) is 5.62. The van der Waals surface area contributed by atoms with E-state index < -0.39 is 11.6 Å². The normalized spacial score (nSPS) is 19.9. The average Bonchev–Trinajstić information content (AvgIpc) is 2.66. The molecule has 1 aliphatic rings. The monoisotopic (exact) mass is 371 g/mol. The molecule has 144 valence electrons. The Kier molecular flexibility index (Phi) is 6.25. The first-order valence-corrected chi connectivity index (χ1v) is 9.77. The molecule has 0 saturated heterocycles. The summed E-state index contributed by atoms with van der Waals surface area (Å²) in [5, 5.41) is 2.50. The van der Waals surface area contributed by atoms with E-state index in [-0.39, 0.29) is 11.6 Å². The first-order chi connectivity index (χ1) is 12.9. The van der Waals surface area contributed by atoms with Crippen molar-refractivity contribution in [2.24, 2.45) is 5.92 Å². The molecule has 27 heavy (non-hydrogen) atoms. The summed E-state index contributed by atoms with van der Waals surface area (Å²) in [6, 6.07) is 12.7. The number of nitrogens with one attached hydrogen (secondary N) is 1. The van der Waals surface area contributed by atoms with Gasteiger partial charge in [-0.05, 0) is 66.7 Å². The van der Waals surface area contributed by atoms with E-state index in [1.54, 1.807) is 0 Å². The van der Waals surface area contributed by atoms with E-state index >= 15 is 0 Å². The van der Waals surface area contributed by atoms with Crippen molar-refractivity contribution in [3.05, 3.63) is 65.2 Å². The topological polar surface area (TPSA) is 29.1 Å². The quantitative estimate of drug-likeness (QED) is 0.648. The van der Waals surface area contributed by atoms with Crippen LogP contribution in [0.1, 0.15) is 68.9 Å². The van der Waals surface area contributed by atoms with Gasteiger partial charge in [-0.1, -0.05) is 44.2 Å². The van der Waals surface area contributed by atoms with Crippen LogP contribution in [0.15, 0.2) is 42.5 Å². The lowest BCUT2D eigenvalue weighted by Gasteiger charge is -2.28. The number of benzene rings is 2. The standard InChI is InChI=1S/C23H27F2NO/c1-15(2)17-10-12-19(13-11-17)18-8-6-16(7-9-18)14-22(27)26-21-5-3-4-20(24)23(21)25/h3-5,10-13,15-16,18H,6-9,14H2,1-2H3,(H,26,27). The van der Waals surface area contributed by atoms with Crippen molar-refractivity contribution < 1.29 is 13.6 Å². The summed E-state index contributed by atoms with van der Waals surface area (Å²) < 4.78 is 26.9. The van der Waals surface area contributed by atoms with Crippen molar-refractivity contribution in [1.82, 2.24) is 0 Å². The second kappa shape index (κ2) is 8.64. The highest BCUT2D eigenvalue weighted by Gasteiger charge is 2.24. The zero-order chi connectivity index (χ0) is 19.4. The molecular weight excluding hydrogens is 344 g/mol. The van der Waals surface area contributed by atoms with Gasteiger partial charge in [-0.25, -0.2) is 8.78 Å². The summed E-state index contributed by atoms with van der Waals surface area (Å²) in [6.45, 7) is 4.39. The number of hydrogen-bond donors (Lipinski definition) is 1. The highest BCUT2D eigenvalue weighted by molar-refractivity contribution is 5.90. The Hall–Kier alpha value is -2.23. The van der Waals surface area contributed by atoms with Gasteiger partial charge in [0.2, 0.25) is 5.91 Å². The highest BCUT2D eigenvalue weighted by Crippen LogP contribution is 2.37. The van der Waals surface area contributed by atoms with E-state index in [0.717, 1.165) is 31.7 Å². The molecule has 4 heteroatoms. The summed E-state index contributed by atoms with van der Waals surface area (Å²) >= 11 is 0. The maximum Gasteiger partial charge on any atom is 0.224 e. The molecule has 1 saturated carbocycles. The predicted molar refractivity (Wildman–Crippen MR) is 105 cm³/mol. The van der Waals surface area contributed by atoms with Crippen LogP contribution in [0.25, 0.3) is 0 Å². The molecule has 3 rings (SSSR count). The second-order valence-electron chi connectivity index (χ2n) is 7.89. The molecule has 1 fully saturated rings. The highest BCUT2D eigenvalue weighted by atomic mass is 19.2. The summed E-state index contributed by atoms with van der Waals surface area (Å²) in [6.07, 6.45) is 4.45. The van der Waals surface area contributed by atoms with Gasteiger partial charge in [0, 0.05) is 6.42 Å². The number of halogens is 2. The number of anilines is 1. The maximum absolute atomic E-state index is 13.7. The Labute approximate surface area is 160 Å². The summed E-state index contributed by atoms with van der Waals surface area (Å²) in [5.74, 6) is -0.810. The van der Waals surface area contributed by atoms with Gasteiger partial charge in [0.1, 0.15) is 0 Å². The van der Waals surface area contributed by atoms with Crippen molar-refractivity contribution in [2.45, 2.75) is 57.8 Å². The van der Waals surface area contributed by atoms with Crippen LogP contribution in [0.5, 0.6) is 0 Å². The number of carbonyl (C=O) groups is 1. The van der Waals surface area contributed by atoms with E-state index in [1.165, 1.54) is 23.3 Å². The smallest absolute Gasteiger partial charge is 0.224 e. The molecule has 2 aromatic carbocycles. The molecule has 2 aromatic rings. The van der Waals surface area contributed by atoms with Crippen molar-refractivity contribution in [1.29, 1.82) is 0 Å². The van der Waals surface area contributed by atoms with E-state index in [1.807, 2.05) is 0 Å². The molecule has 1 aliphatic carbocycles. The Morgan fingerprint density at radius 2 is 1.70 bits per heavy atom. The minimum absolute atomic E-state index is 0.0843. The Morgan fingerprint density at radius 3 is 2.33 bits per heavy atom. The average molecular weight is 371 g/mol. The minimum Gasteiger partial charge on any atom is -0.323 e. The van der Waals surface area contributed by atoms with E-state index in [4.69, 9.17) is 0 Å².